The maximum Gasteiger partial charge on any atom is 0.339 e. The van der Waals surface area contributed by atoms with Crippen LogP contribution in [0.2, 0.25) is 5.02 Å². The second-order valence-corrected chi connectivity index (χ2v) is 6.05. The van der Waals surface area contributed by atoms with Crippen LogP contribution in [0.5, 0.6) is 0 Å². The molecular formula is C15H21ClN2O2S. The fourth-order valence-electron chi connectivity index (χ4n) is 1.53. The molecule has 2 N–H and O–H groups in total. The molecule has 1 aromatic rings. The van der Waals surface area contributed by atoms with Crippen LogP contribution in [0, 0.1) is 0 Å². The monoisotopic (exact) mass is 328 g/mol. The van der Waals surface area contributed by atoms with E-state index >= 15 is 0 Å². The zero-order chi connectivity index (χ0) is 16.0. The highest BCUT2D eigenvalue weighted by molar-refractivity contribution is 7.80. The number of carbonyl (C=O) groups excluding carboxylic acids is 1. The molecule has 0 fully saturated rings. The summed E-state index contributed by atoms with van der Waals surface area (Å²) in [5, 5.41) is 7.12. The number of benzene rings is 1. The number of rotatable bonds is 5. The Balaban J connectivity index is 2.83. The first-order valence-electron chi connectivity index (χ1n) is 6.85. The van der Waals surface area contributed by atoms with E-state index in [4.69, 9.17) is 28.6 Å². The molecule has 0 saturated heterocycles. The van der Waals surface area contributed by atoms with Gasteiger partial charge in [0, 0.05) is 11.2 Å². The van der Waals surface area contributed by atoms with Crippen molar-refractivity contribution in [2.75, 3.05) is 11.9 Å². The molecule has 4 nitrogen and oxygen atoms in total. The normalized spacial score (nSPS) is 10.9. The largest absolute Gasteiger partial charge is 0.462 e. The van der Waals surface area contributed by atoms with Gasteiger partial charge in [-0.05, 0) is 57.6 Å². The lowest BCUT2D eigenvalue weighted by Crippen LogP contribution is -2.44. The van der Waals surface area contributed by atoms with E-state index < -0.39 is 5.97 Å². The molecule has 1 aromatic carbocycles. The van der Waals surface area contributed by atoms with Gasteiger partial charge >= 0.3 is 5.97 Å². The first-order valence-corrected chi connectivity index (χ1v) is 7.63. The Bertz CT molecular complexity index is 532. The summed E-state index contributed by atoms with van der Waals surface area (Å²) in [4.78, 5) is 11.8. The first-order chi connectivity index (χ1) is 9.79. The van der Waals surface area contributed by atoms with Crippen LogP contribution < -0.4 is 10.6 Å². The predicted octanol–water partition coefficient (Wildman–Crippen LogP) is 3.99. The van der Waals surface area contributed by atoms with E-state index in [1.54, 1.807) is 25.1 Å². The SMILES string of the molecule is CCOC(=O)c1cc(NC(=S)NC(C)(C)CC)ccc1Cl. The van der Waals surface area contributed by atoms with E-state index in [-0.39, 0.29) is 5.54 Å². The van der Waals surface area contributed by atoms with Gasteiger partial charge in [-0.3, -0.25) is 0 Å². The second-order valence-electron chi connectivity index (χ2n) is 5.23. The molecule has 116 valence electrons. The molecular weight excluding hydrogens is 308 g/mol. The van der Waals surface area contributed by atoms with E-state index in [2.05, 4.69) is 31.4 Å². The third-order valence-corrected chi connectivity index (χ3v) is 3.59. The second kappa shape index (κ2) is 7.61. The quantitative estimate of drug-likeness (QED) is 0.632. The summed E-state index contributed by atoms with van der Waals surface area (Å²) in [6, 6.07) is 5.04. The van der Waals surface area contributed by atoms with Crippen LogP contribution in [0.4, 0.5) is 5.69 Å². The Kier molecular flexibility index (Phi) is 6.42. The van der Waals surface area contributed by atoms with E-state index in [9.17, 15) is 4.79 Å². The summed E-state index contributed by atoms with van der Waals surface area (Å²) < 4.78 is 4.97. The van der Waals surface area contributed by atoms with Crippen molar-refractivity contribution in [1.29, 1.82) is 0 Å². The van der Waals surface area contributed by atoms with Crippen molar-refractivity contribution in [2.45, 2.75) is 39.7 Å². The van der Waals surface area contributed by atoms with Crippen molar-refractivity contribution in [1.82, 2.24) is 5.32 Å². The topological polar surface area (TPSA) is 50.4 Å². The minimum Gasteiger partial charge on any atom is -0.462 e. The van der Waals surface area contributed by atoms with Crippen LogP contribution in [0.15, 0.2) is 18.2 Å². The van der Waals surface area contributed by atoms with E-state index in [0.29, 0.717) is 28.0 Å². The summed E-state index contributed by atoms with van der Waals surface area (Å²) >= 11 is 11.3. The number of carbonyl (C=O) groups is 1. The number of thiocarbonyl (C=S) groups is 1. The van der Waals surface area contributed by atoms with Crippen LogP contribution in [-0.2, 0) is 4.74 Å². The smallest absolute Gasteiger partial charge is 0.339 e. The number of anilines is 1. The molecule has 0 aliphatic heterocycles. The zero-order valence-corrected chi connectivity index (χ0v) is 14.3. The number of hydrogen-bond donors (Lipinski definition) is 2. The molecule has 0 heterocycles. The molecule has 0 unspecified atom stereocenters. The van der Waals surface area contributed by atoms with Crippen LogP contribution >= 0.6 is 23.8 Å². The molecule has 0 aliphatic rings. The molecule has 6 heteroatoms. The fraction of sp³-hybridized carbons (Fsp3) is 0.467. The van der Waals surface area contributed by atoms with Crippen molar-refractivity contribution in [3.05, 3.63) is 28.8 Å². The number of halogens is 1. The maximum absolute atomic E-state index is 11.8. The van der Waals surface area contributed by atoms with Gasteiger partial charge in [0.05, 0.1) is 17.2 Å². The van der Waals surface area contributed by atoms with Gasteiger partial charge in [0.1, 0.15) is 0 Å². The molecule has 1 rings (SSSR count). The minimum atomic E-state index is -0.445. The summed E-state index contributed by atoms with van der Waals surface area (Å²) in [5.41, 5.74) is 0.911. The maximum atomic E-state index is 11.8. The standard InChI is InChI=1S/C15H21ClN2O2S/c1-5-15(3,4)18-14(21)17-10-7-8-12(16)11(9-10)13(19)20-6-2/h7-9H,5-6H2,1-4H3,(H2,17,18,21). The Labute approximate surface area is 136 Å². The van der Waals surface area contributed by atoms with Crippen molar-refractivity contribution in [3.8, 4) is 0 Å². The third-order valence-electron chi connectivity index (χ3n) is 3.06. The molecule has 0 aromatic heterocycles. The van der Waals surface area contributed by atoms with Gasteiger partial charge in [0.25, 0.3) is 0 Å². The average molecular weight is 329 g/mol. The van der Waals surface area contributed by atoms with Gasteiger partial charge < -0.3 is 15.4 Å². The molecule has 0 amide bonds. The fourth-order valence-corrected chi connectivity index (χ4v) is 2.12. The molecule has 0 saturated carbocycles. The molecule has 21 heavy (non-hydrogen) atoms. The lowest BCUT2D eigenvalue weighted by atomic mass is 10.0. The van der Waals surface area contributed by atoms with Crippen LogP contribution in [0.1, 0.15) is 44.5 Å². The van der Waals surface area contributed by atoms with E-state index in [1.165, 1.54) is 0 Å². The summed E-state index contributed by atoms with van der Waals surface area (Å²) in [7, 11) is 0. The van der Waals surface area contributed by atoms with Crippen molar-refractivity contribution < 1.29 is 9.53 Å². The summed E-state index contributed by atoms with van der Waals surface area (Å²) in [5.74, 6) is -0.445. The average Bonchev–Trinajstić information content (AvgIpc) is 2.40. The Hall–Kier alpha value is -1.33. The van der Waals surface area contributed by atoms with Crippen molar-refractivity contribution >= 4 is 40.6 Å². The van der Waals surface area contributed by atoms with E-state index in [1.807, 2.05) is 0 Å². The first kappa shape index (κ1) is 17.7. The van der Waals surface area contributed by atoms with Crippen LogP contribution in [0.3, 0.4) is 0 Å². The van der Waals surface area contributed by atoms with Gasteiger partial charge in [0.15, 0.2) is 5.11 Å². The zero-order valence-electron chi connectivity index (χ0n) is 12.7. The van der Waals surface area contributed by atoms with E-state index in [0.717, 1.165) is 6.42 Å². The van der Waals surface area contributed by atoms with Crippen molar-refractivity contribution in [3.63, 3.8) is 0 Å². The van der Waals surface area contributed by atoms with Gasteiger partial charge in [0.2, 0.25) is 0 Å². The summed E-state index contributed by atoms with van der Waals surface area (Å²) in [6.45, 7) is 8.26. The number of ether oxygens (including phenoxy) is 1. The van der Waals surface area contributed by atoms with Gasteiger partial charge in [-0.2, -0.15) is 0 Å². The van der Waals surface area contributed by atoms with Gasteiger partial charge in [-0.1, -0.05) is 18.5 Å². The Morgan fingerprint density at radius 3 is 2.62 bits per heavy atom. The highest BCUT2D eigenvalue weighted by Gasteiger charge is 2.17. The lowest BCUT2D eigenvalue weighted by Gasteiger charge is -2.26. The highest BCUT2D eigenvalue weighted by Crippen LogP contribution is 2.21. The van der Waals surface area contributed by atoms with Gasteiger partial charge in [-0.25, -0.2) is 4.79 Å². The van der Waals surface area contributed by atoms with Crippen LogP contribution in [-0.4, -0.2) is 23.2 Å². The lowest BCUT2D eigenvalue weighted by molar-refractivity contribution is 0.0526. The van der Waals surface area contributed by atoms with Crippen LogP contribution in [0.25, 0.3) is 0 Å². The third kappa shape index (κ3) is 5.52. The summed E-state index contributed by atoms with van der Waals surface area (Å²) in [6.07, 6.45) is 0.934. The minimum absolute atomic E-state index is 0.0967. The molecule has 0 spiro atoms. The van der Waals surface area contributed by atoms with Gasteiger partial charge in [-0.15, -0.1) is 0 Å². The number of hydrogen-bond acceptors (Lipinski definition) is 3. The van der Waals surface area contributed by atoms with Crippen molar-refractivity contribution in [2.24, 2.45) is 0 Å². The Morgan fingerprint density at radius 1 is 1.38 bits per heavy atom. The number of esters is 1. The molecule has 0 atom stereocenters. The molecule has 0 bridgehead atoms. The molecule has 0 radical (unpaired) electrons. The predicted molar refractivity (Wildman–Crippen MR) is 91.1 cm³/mol. The number of nitrogens with one attached hydrogen (secondary N) is 2. The highest BCUT2D eigenvalue weighted by atomic mass is 35.5. The molecule has 0 aliphatic carbocycles. The Morgan fingerprint density at radius 2 is 2.05 bits per heavy atom.